The molecule has 1 aromatic carbocycles. The smallest absolute Gasteiger partial charge is 0.214 e. The fourth-order valence-electron chi connectivity index (χ4n) is 1.56. The van der Waals surface area contributed by atoms with E-state index < -0.39 is 0 Å². The quantitative estimate of drug-likeness (QED) is 0.702. The van der Waals surface area contributed by atoms with Crippen LogP contribution < -0.4 is 4.90 Å². The highest BCUT2D eigenvalue weighted by atomic mass is 79.9. The zero-order valence-corrected chi connectivity index (χ0v) is 14.0. The second-order valence-electron chi connectivity index (χ2n) is 4.06. The number of aromatic nitrogens is 4. The van der Waals surface area contributed by atoms with Crippen molar-refractivity contribution in [1.82, 2.24) is 20.4 Å². The van der Waals surface area contributed by atoms with Gasteiger partial charge in [0.25, 0.3) is 0 Å². The largest absolute Gasteiger partial charge is 0.294 e. The van der Waals surface area contributed by atoms with E-state index in [9.17, 15) is 0 Å². The van der Waals surface area contributed by atoms with Gasteiger partial charge in [0.1, 0.15) is 10.0 Å². The van der Waals surface area contributed by atoms with Gasteiger partial charge >= 0.3 is 0 Å². The summed E-state index contributed by atoms with van der Waals surface area (Å²) >= 11 is 6.49. The molecule has 0 N–H and O–H groups in total. The van der Waals surface area contributed by atoms with Crippen LogP contribution in [0.2, 0.25) is 0 Å². The summed E-state index contributed by atoms with van der Waals surface area (Å²) in [5.74, 6) is 0. The lowest BCUT2D eigenvalue weighted by Crippen LogP contribution is -2.08. The third kappa shape index (κ3) is 2.72. The monoisotopic (exact) mass is 367 g/mol. The fraction of sp³-hybridized carbons (Fsp3) is 0.167. The summed E-state index contributed by atoms with van der Waals surface area (Å²) < 4.78 is 1.05. The minimum Gasteiger partial charge on any atom is -0.294 e. The molecule has 3 aromatic rings. The van der Waals surface area contributed by atoms with Gasteiger partial charge < -0.3 is 0 Å². The molecule has 0 bridgehead atoms. The van der Waals surface area contributed by atoms with Crippen molar-refractivity contribution in [3.05, 3.63) is 33.7 Å². The van der Waals surface area contributed by atoms with Gasteiger partial charge in [-0.3, -0.25) is 4.90 Å². The van der Waals surface area contributed by atoms with Gasteiger partial charge in [-0.2, -0.15) is 0 Å². The minimum absolute atomic E-state index is 0.805. The van der Waals surface area contributed by atoms with Crippen LogP contribution in [0, 0.1) is 6.92 Å². The number of halogens is 1. The van der Waals surface area contributed by atoms with Crippen molar-refractivity contribution in [3.8, 4) is 10.6 Å². The number of anilines is 2. The number of nitrogens with zero attached hydrogens (tertiary/aromatic N) is 5. The van der Waals surface area contributed by atoms with Crippen LogP contribution in [0.4, 0.5) is 10.3 Å². The number of hydrogen-bond donors (Lipinski definition) is 0. The molecule has 0 aliphatic heterocycles. The maximum Gasteiger partial charge on any atom is 0.214 e. The second kappa shape index (κ2) is 5.55. The predicted molar refractivity (Wildman–Crippen MR) is 85.8 cm³/mol. The van der Waals surface area contributed by atoms with E-state index in [4.69, 9.17) is 0 Å². The lowest BCUT2D eigenvalue weighted by Gasteiger charge is -2.08. The van der Waals surface area contributed by atoms with Crippen LogP contribution in [-0.4, -0.2) is 27.4 Å². The van der Waals surface area contributed by atoms with Gasteiger partial charge in [0.15, 0.2) is 0 Å². The van der Waals surface area contributed by atoms with Crippen LogP contribution in [0.5, 0.6) is 0 Å². The molecule has 0 amide bonds. The SMILES string of the molecule is Cc1nnc(N(C)c2nnc(-c3ccc(Br)cc3)s2)s1. The first-order valence-electron chi connectivity index (χ1n) is 5.77. The molecule has 0 unspecified atom stereocenters. The lowest BCUT2D eigenvalue weighted by molar-refractivity contribution is 0.993. The molecule has 8 heteroatoms. The molecule has 0 saturated carbocycles. The van der Waals surface area contributed by atoms with Crippen molar-refractivity contribution in [1.29, 1.82) is 0 Å². The Kier molecular flexibility index (Phi) is 3.77. The first-order chi connectivity index (χ1) is 9.63. The molecule has 0 aliphatic carbocycles. The summed E-state index contributed by atoms with van der Waals surface area (Å²) in [7, 11) is 1.92. The van der Waals surface area contributed by atoms with Crippen molar-refractivity contribution in [2.45, 2.75) is 6.92 Å². The molecular formula is C12H10BrN5S2. The topological polar surface area (TPSA) is 54.8 Å². The van der Waals surface area contributed by atoms with E-state index in [2.05, 4.69) is 36.3 Å². The fourth-order valence-corrected chi connectivity index (χ4v) is 3.35. The first kappa shape index (κ1) is 13.6. The Morgan fingerprint density at radius 1 is 0.950 bits per heavy atom. The van der Waals surface area contributed by atoms with E-state index in [0.29, 0.717) is 0 Å². The average Bonchev–Trinajstić information content (AvgIpc) is 3.08. The minimum atomic E-state index is 0.805. The summed E-state index contributed by atoms with van der Waals surface area (Å²) in [5, 5.41) is 20.0. The number of hydrogen-bond acceptors (Lipinski definition) is 7. The zero-order valence-electron chi connectivity index (χ0n) is 10.7. The maximum absolute atomic E-state index is 4.24. The van der Waals surface area contributed by atoms with Crippen LogP contribution in [0.15, 0.2) is 28.7 Å². The lowest BCUT2D eigenvalue weighted by atomic mass is 10.2. The van der Waals surface area contributed by atoms with Crippen LogP contribution in [0.25, 0.3) is 10.6 Å². The van der Waals surface area contributed by atoms with Gasteiger partial charge in [0, 0.05) is 17.1 Å². The highest BCUT2D eigenvalue weighted by molar-refractivity contribution is 9.10. The molecule has 0 saturated heterocycles. The van der Waals surface area contributed by atoms with Crippen LogP contribution in [-0.2, 0) is 0 Å². The molecule has 102 valence electrons. The zero-order chi connectivity index (χ0) is 14.1. The van der Waals surface area contributed by atoms with E-state index in [1.54, 1.807) is 0 Å². The summed E-state index contributed by atoms with van der Waals surface area (Å²) in [6.45, 7) is 1.93. The van der Waals surface area contributed by atoms with Gasteiger partial charge in [0.2, 0.25) is 10.3 Å². The van der Waals surface area contributed by atoms with Gasteiger partial charge in [-0.15, -0.1) is 20.4 Å². The van der Waals surface area contributed by atoms with E-state index in [1.165, 1.54) is 22.7 Å². The third-order valence-corrected chi connectivity index (χ3v) is 5.09. The number of benzene rings is 1. The Balaban J connectivity index is 1.88. The van der Waals surface area contributed by atoms with Gasteiger partial charge in [0.05, 0.1) is 0 Å². The Labute approximate surface area is 132 Å². The Morgan fingerprint density at radius 2 is 1.60 bits per heavy atom. The number of rotatable bonds is 3. The summed E-state index contributed by atoms with van der Waals surface area (Å²) in [4.78, 5) is 1.91. The Hall–Kier alpha value is -1.38. The van der Waals surface area contributed by atoms with Crippen LogP contribution in [0.1, 0.15) is 5.01 Å². The summed E-state index contributed by atoms with van der Waals surface area (Å²) in [6, 6.07) is 8.02. The molecule has 2 heterocycles. The average molecular weight is 368 g/mol. The van der Waals surface area contributed by atoms with Gasteiger partial charge in [-0.25, -0.2) is 0 Å². The summed E-state index contributed by atoms with van der Waals surface area (Å²) in [5.41, 5.74) is 1.05. The number of aryl methyl sites for hydroxylation is 1. The molecule has 0 radical (unpaired) electrons. The molecule has 0 spiro atoms. The molecule has 0 fully saturated rings. The van der Waals surface area contributed by atoms with E-state index in [0.717, 1.165) is 30.3 Å². The molecule has 2 aromatic heterocycles. The third-order valence-electron chi connectivity index (χ3n) is 2.59. The molecule has 20 heavy (non-hydrogen) atoms. The van der Waals surface area contributed by atoms with Crippen molar-refractivity contribution in [2.75, 3.05) is 11.9 Å². The van der Waals surface area contributed by atoms with Crippen molar-refractivity contribution in [2.24, 2.45) is 0 Å². The molecule has 0 atom stereocenters. The second-order valence-corrected chi connectivity index (χ2v) is 7.09. The Bertz CT molecular complexity index is 722. The predicted octanol–water partition coefficient (Wildman–Crippen LogP) is 3.90. The van der Waals surface area contributed by atoms with Crippen LogP contribution >= 0.6 is 38.6 Å². The molecule has 3 rings (SSSR count). The van der Waals surface area contributed by atoms with Gasteiger partial charge in [-0.05, 0) is 19.1 Å². The summed E-state index contributed by atoms with van der Waals surface area (Å²) in [6.07, 6.45) is 0. The standard InChI is InChI=1S/C12H10BrN5S2/c1-7-14-16-11(19-7)18(2)12-17-15-10(20-12)8-3-5-9(13)6-4-8/h3-6H,1-2H3. The van der Waals surface area contributed by atoms with Crippen LogP contribution in [0.3, 0.4) is 0 Å². The van der Waals surface area contributed by atoms with Crippen molar-refractivity contribution < 1.29 is 0 Å². The first-order valence-corrected chi connectivity index (χ1v) is 8.19. The van der Waals surface area contributed by atoms with E-state index in [1.807, 2.05) is 43.1 Å². The van der Waals surface area contributed by atoms with E-state index >= 15 is 0 Å². The Morgan fingerprint density at radius 3 is 2.25 bits per heavy atom. The van der Waals surface area contributed by atoms with Gasteiger partial charge in [-0.1, -0.05) is 50.7 Å². The highest BCUT2D eigenvalue weighted by Crippen LogP contribution is 2.33. The van der Waals surface area contributed by atoms with Crippen molar-refractivity contribution in [3.63, 3.8) is 0 Å². The molecular weight excluding hydrogens is 358 g/mol. The maximum atomic E-state index is 4.24. The molecule has 0 aliphatic rings. The van der Waals surface area contributed by atoms with Crippen molar-refractivity contribution >= 4 is 48.9 Å². The normalized spacial score (nSPS) is 10.8. The van der Waals surface area contributed by atoms with E-state index in [-0.39, 0.29) is 0 Å². The molecule has 5 nitrogen and oxygen atoms in total. The highest BCUT2D eigenvalue weighted by Gasteiger charge is 2.14.